The Labute approximate surface area is 207 Å². The van der Waals surface area contributed by atoms with Gasteiger partial charge in [0.25, 0.3) is 0 Å². The molecule has 196 valence electrons. The van der Waals surface area contributed by atoms with Gasteiger partial charge in [0.05, 0.1) is 5.56 Å². The van der Waals surface area contributed by atoms with Crippen LogP contribution in [0.4, 0.5) is 30.7 Å². The number of unbranched alkanes of at least 4 members (excludes halogenated alkanes) is 1. The molecule has 3 nitrogen and oxygen atoms in total. The molecule has 37 heavy (non-hydrogen) atoms. The number of hydrogen-bond acceptors (Lipinski definition) is 3. The Balaban J connectivity index is 1.50. The molecule has 3 aromatic rings. The summed E-state index contributed by atoms with van der Waals surface area (Å²) in [7, 11) is 0. The second kappa shape index (κ2) is 10.4. The number of ether oxygens (including phenoxy) is 2. The van der Waals surface area contributed by atoms with Crippen molar-refractivity contribution in [3.05, 3.63) is 93.8 Å². The Kier molecular flexibility index (Phi) is 7.47. The molecule has 0 bridgehead atoms. The minimum absolute atomic E-state index is 0.0981. The van der Waals surface area contributed by atoms with Gasteiger partial charge in [-0.05, 0) is 48.4 Å². The topological polar surface area (TPSA) is 35.5 Å². The van der Waals surface area contributed by atoms with Crippen LogP contribution in [0.15, 0.2) is 42.5 Å². The molecule has 0 radical (unpaired) electrons. The highest BCUT2D eigenvalue weighted by Gasteiger charge is 2.42. The van der Waals surface area contributed by atoms with Crippen molar-refractivity contribution in [3.63, 3.8) is 0 Å². The van der Waals surface area contributed by atoms with Crippen LogP contribution in [0, 0.1) is 35.0 Å². The van der Waals surface area contributed by atoms with E-state index in [9.17, 15) is 35.5 Å². The molecule has 0 spiro atoms. The molecule has 0 saturated heterocycles. The maximum atomic E-state index is 14.5. The lowest BCUT2D eigenvalue weighted by Crippen LogP contribution is -2.25. The molecule has 0 fully saturated rings. The summed E-state index contributed by atoms with van der Waals surface area (Å²) in [5, 5.41) is 0. The number of hydrogen-bond donors (Lipinski definition) is 0. The fourth-order valence-corrected chi connectivity index (χ4v) is 4.38. The van der Waals surface area contributed by atoms with E-state index in [4.69, 9.17) is 4.74 Å². The molecule has 0 saturated carbocycles. The van der Waals surface area contributed by atoms with Gasteiger partial charge in [0, 0.05) is 24.3 Å². The maximum Gasteiger partial charge on any atom is 0.432 e. The van der Waals surface area contributed by atoms with Crippen molar-refractivity contribution < 1.29 is 45.0 Å². The Hall–Kier alpha value is -3.56. The first-order valence-electron chi connectivity index (χ1n) is 11.5. The van der Waals surface area contributed by atoms with Gasteiger partial charge < -0.3 is 9.47 Å². The molecule has 1 atom stereocenters. The summed E-state index contributed by atoms with van der Waals surface area (Å²) in [5.74, 6) is -11.6. The Morgan fingerprint density at radius 2 is 1.46 bits per heavy atom. The summed E-state index contributed by atoms with van der Waals surface area (Å²) in [6.07, 6.45) is 0.193. The number of carbonyl (C=O) groups is 1. The van der Waals surface area contributed by atoms with Crippen molar-refractivity contribution in [3.8, 4) is 11.5 Å². The van der Waals surface area contributed by atoms with E-state index < -0.39 is 58.2 Å². The molecule has 1 aliphatic rings. The molecular formula is C27H21F7O3. The number of carbonyl (C=O) groups excluding carboxylic acids is 1. The molecule has 3 aromatic carbocycles. The van der Waals surface area contributed by atoms with E-state index in [2.05, 4.69) is 11.7 Å². The highest BCUT2D eigenvalue weighted by molar-refractivity contribution is 5.91. The van der Waals surface area contributed by atoms with Crippen LogP contribution in [0.1, 0.15) is 53.2 Å². The lowest BCUT2D eigenvalue weighted by molar-refractivity contribution is -0.189. The van der Waals surface area contributed by atoms with Gasteiger partial charge in [0.2, 0.25) is 0 Å². The predicted molar refractivity (Wildman–Crippen MR) is 119 cm³/mol. The molecule has 0 heterocycles. The number of fused-ring (bicyclic) bond motifs is 1. The molecule has 0 aromatic heterocycles. The van der Waals surface area contributed by atoms with Crippen LogP contribution in [0.5, 0.6) is 11.5 Å². The summed E-state index contributed by atoms with van der Waals surface area (Å²) in [6, 6.07) is 5.87. The summed E-state index contributed by atoms with van der Waals surface area (Å²) < 4.78 is 107. The van der Waals surface area contributed by atoms with Crippen molar-refractivity contribution in [1.29, 1.82) is 0 Å². The lowest BCUT2D eigenvalue weighted by atomic mass is 9.99. The predicted octanol–water partition coefficient (Wildman–Crippen LogP) is 7.63. The monoisotopic (exact) mass is 526 g/mol. The van der Waals surface area contributed by atoms with Gasteiger partial charge in [-0.3, -0.25) is 0 Å². The zero-order valence-electron chi connectivity index (χ0n) is 19.5. The zero-order valence-corrected chi connectivity index (χ0v) is 19.5. The molecule has 0 amide bonds. The van der Waals surface area contributed by atoms with E-state index in [1.165, 1.54) is 6.07 Å². The highest BCUT2D eigenvalue weighted by Crippen LogP contribution is 2.37. The summed E-state index contributed by atoms with van der Waals surface area (Å²) >= 11 is 0. The molecule has 1 aliphatic carbocycles. The highest BCUT2D eigenvalue weighted by atomic mass is 19.3. The Morgan fingerprint density at radius 3 is 2.08 bits per heavy atom. The second-order valence-corrected chi connectivity index (χ2v) is 8.87. The van der Waals surface area contributed by atoms with Crippen molar-refractivity contribution in [1.82, 2.24) is 0 Å². The van der Waals surface area contributed by atoms with Crippen LogP contribution in [0.25, 0.3) is 0 Å². The fraction of sp³-hybridized carbons (Fsp3) is 0.296. The number of rotatable bonds is 8. The summed E-state index contributed by atoms with van der Waals surface area (Å²) in [4.78, 5) is 12.6. The van der Waals surface area contributed by atoms with Crippen LogP contribution in [-0.4, -0.2) is 5.97 Å². The molecule has 0 aliphatic heterocycles. The minimum Gasteiger partial charge on any atom is -0.429 e. The third kappa shape index (κ3) is 5.73. The average molecular weight is 526 g/mol. The van der Waals surface area contributed by atoms with E-state index in [1.807, 2.05) is 0 Å². The van der Waals surface area contributed by atoms with Gasteiger partial charge in [0.15, 0.2) is 17.5 Å². The van der Waals surface area contributed by atoms with Crippen LogP contribution in [0.3, 0.4) is 0 Å². The average Bonchev–Trinajstić information content (AvgIpc) is 3.22. The number of halogens is 7. The van der Waals surface area contributed by atoms with Gasteiger partial charge in [-0.25, -0.2) is 26.7 Å². The fourth-order valence-electron chi connectivity index (χ4n) is 4.38. The van der Waals surface area contributed by atoms with E-state index in [1.54, 1.807) is 12.1 Å². The van der Waals surface area contributed by atoms with Crippen LogP contribution < -0.4 is 9.47 Å². The van der Waals surface area contributed by atoms with Crippen LogP contribution in [0.2, 0.25) is 0 Å². The minimum atomic E-state index is -4.75. The molecule has 10 heteroatoms. The van der Waals surface area contributed by atoms with E-state index in [-0.39, 0.29) is 17.7 Å². The summed E-state index contributed by atoms with van der Waals surface area (Å²) in [6.45, 7) is 2.11. The van der Waals surface area contributed by atoms with Gasteiger partial charge in [-0.1, -0.05) is 25.8 Å². The third-order valence-electron chi connectivity index (χ3n) is 6.15. The largest absolute Gasteiger partial charge is 0.432 e. The Bertz CT molecular complexity index is 1290. The molecule has 0 N–H and O–H groups in total. The first-order chi connectivity index (χ1) is 17.5. The van der Waals surface area contributed by atoms with Gasteiger partial charge in [-0.2, -0.15) is 8.78 Å². The zero-order chi connectivity index (χ0) is 26.9. The van der Waals surface area contributed by atoms with Gasteiger partial charge in [-0.15, -0.1) is 0 Å². The van der Waals surface area contributed by atoms with Crippen LogP contribution >= 0.6 is 0 Å². The normalized spacial score (nSPS) is 15.0. The van der Waals surface area contributed by atoms with Crippen LogP contribution in [-0.2, 0) is 19.0 Å². The quantitative estimate of drug-likeness (QED) is 0.131. The number of alkyl halides is 2. The molecule has 4 rings (SSSR count). The Morgan fingerprint density at radius 1 is 0.865 bits per heavy atom. The third-order valence-corrected chi connectivity index (χ3v) is 6.15. The molecular weight excluding hydrogens is 505 g/mol. The van der Waals surface area contributed by atoms with Gasteiger partial charge >= 0.3 is 12.1 Å². The standard InChI is InChI=1S/C27H21F7O3/c1-2-3-4-14-7-15-5-6-16(9-17(15)8-14)26(35)36-18-10-20(28)24(21(29)11-18)27(33,34)37-19-12-22(30)25(32)23(31)13-19/h5-6,9-14H,2-4,7-8H2,1H3. The van der Waals surface area contributed by atoms with E-state index >= 15 is 0 Å². The molecule has 1 unspecified atom stereocenters. The smallest absolute Gasteiger partial charge is 0.429 e. The van der Waals surface area contributed by atoms with Crippen molar-refractivity contribution in [2.75, 3.05) is 0 Å². The second-order valence-electron chi connectivity index (χ2n) is 8.87. The van der Waals surface area contributed by atoms with Crippen molar-refractivity contribution >= 4 is 5.97 Å². The van der Waals surface area contributed by atoms with E-state index in [0.717, 1.165) is 43.2 Å². The first-order valence-corrected chi connectivity index (χ1v) is 11.5. The maximum absolute atomic E-state index is 14.5. The van der Waals surface area contributed by atoms with E-state index in [0.29, 0.717) is 18.1 Å². The number of esters is 1. The SMILES string of the molecule is CCCCC1Cc2ccc(C(=O)Oc3cc(F)c(C(F)(F)Oc4cc(F)c(F)c(F)c4)c(F)c3)cc2C1. The lowest BCUT2D eigenvalue weighted by Gasteiger charge is -2.20. The van der Waals surface area contributed by atoms with Gasteiger partial charge in [0.1, 0.15) is 28.7 Å². The number of benzene rings is 3. The van der Waals surface area contributed by atoms with Crippen molar-refractivity contribution in [2.45, 2.75) is 45.1 Å². The summed E-state index contributed by atoms with van der Waals surface area (Å²) in [5.41, 5.74) is 0.331. The van der Waals surface area contributed by atoms with Crippen molar-refractivity contribution in [2.24, 2.45) is 5.92 Å². The first kappa shape index (κ1) is 26.5.